The summed E-state index contributed by atoms with van der Waals surface area (Å²) in [7, 11) is -3.60. The molecule has 0 radical (unpaired) electrons. The van der Waals surface area contributed by atoms with Crippen LogP contribution in [0.2, 0.25) is 0 Å². The van der Waals surface area contributed by atoms with Crippen LogP contribution in [0.5, 0.6) is 0 Å². The van der Waals surface area contributed by atoms with Gasteiger partial charge < -0.3 is 4.42 Å². The standard InChI is InChI=1S/C21H23NO3S/c1-3-15-5-8-17(9-6-15)26(23,24)22-16-7-11-20-19(13-16)18-10-4-14(2)12-21(18)25-20/h5-9,11,13-14,22H,3-4,10,12H2,1-2H3. The van der Waals surface area contributed by atoms with Crippen molar-refractivity contribution in [3.8, 4) is 0 Å². The monoisotopic (exact) mass is 369 g/mol. The van der Waals surface area contributed by atoms with Gasteiger partial charge in [-0.25, -0.2) is 8.42 Å². The molecule has 1 aliphatic carbocycles. The Hall–Kier alpha value is -2.27. The first-order valence-electron chi connectivity index (χ1n) is 9.12. The maximum absolute atomic E-state index is 12.7. The number of furan rings is 1. The lowest BCUT2D eigenvalue weighted by atomic mass is 9.88. The van der Waals surface area contributed by atoms with Gasteiger partial charge in [0.05, 0.1) is 4.90 Å². The topological polar surface area (TPSA) is 59.3 Å². The summed E-state index contributed by atoms with van der Waals surface area (Å²) in [4.78, 5) is 0.276. The third-order valence-electron chi connectivity index (χ3n) is 5.19. The van der Waals surface area contributed by atoms with Gasteiger partial charge >= 0.3 is 0 Å². The van der Waals surface area contributed by atoms with Crippen LogP contribution in [0, 0.1) is 5.92 Å². The third-order valence-corrected chi connectivity index (χ3v) is 6.59. The van der Waals surface area contributed by atoms with Crippen LogP contribution in [0.15, 0.2) is 51.8 Å². The fraction of sp³-hybridized carbons (Fsp3) is 0.333. The Morgan fingerprint density at radius 1 is 1.15 bits per heavy atom. The van der Waals surface area contributed by atoms with Crippen molar-refractivity contribution in [1.82, 2.24) is 0 Å². The zero-order valence-corrected chi connectivity index (χ0v) is 15.9. The van der Waals surface area contributed by atoms with E-state index in [1.54, 1.807) is 18.2 Å². The van der Waals surface area contributed by atoms with Gasteiger partial charge in [-0.2, -0.15) is 0 Å². The molecule has 5 heteroatoms. The van der Waals surface area contributed by atoms with Crippen molar-refractivity contribution in [3.05, 3.63) is 59.4 Å². The molecule has 1 heterocycles. The molecule has 3 aromatic rings. The Bertz CT molecular complexity index is 1050. The van der Waals surface area contributed by atoms with Crippen LogP contribution in [0.25, 0.3) is 11.0 Å². The number of benzene rings is 2. The second-order valence-corrected chi connectivity index (χ2v) is 8.85. The predicted molar refractivity (Wildman–Crippen MR) is 104 cm³/mol. The molecule has 0 saturated carbocycles. The van der Waals surface area contributed by atoms with E-state index in [-0.39, 0.29) is 4.90 Å². The zero-order valence-electron chi connectivity index (χ0n) is 15.1. The largest absolute Gasteiger partial charge is 0.461 e. The third kappa shape index (κ3) is 3.12. The van der Waals surface area contributed by atoms with E-state index < -0.39 is 10.0 Å². The van der Waals surface area contributed by atoms with E-state index >= 15 is 0 Å². The first-order valence-corrected chi connectivity index (χ1v) is 10.6. The molecule has 2 aromatic carbocycles. The number of fused-ring (bicyclic) bond motifs is 3. The summed E-state index contributed by atoms with van der Waals surface area (Å²) in [5, 5.41) is 1.02. The quantitative estimate of drug-likeness (QED) is 0.710. The summed E-state index contributed by atoms with van der Waals surface area (Å²) in [5.41, 5.74) is 3.75. The van der Waals surface area contributed by atoms with Crippen LogP contribution in [-0.4, -0.2) is 8.42 Å². The maximum atomic E-state index is 12.7. The highest BCUT2D eigenvalue weighted by molar-refractivity contribution is 7.92. The summed E-state index contributed by atoms with van der Waals surface area (Å²) in [5.74, 6) is 1.68. The number of nitrogens with one attached hydrogen (secondary N) is 1. The Kier molecular flexibility index (Phi) is 4.27. The molecule has 1 atom stereocenters. The molecule has 1 N–H and O–H groups in total. The van der Waals surface area contributed by atoms with Crippen molar-refractivity contribution < 1.29 is 12.8 Å². The normalized spacial score (nSPS) is 17.2. The first-order chi connectivity index (χ1) is 12.5. The van der Waals surface area contributed by atoms with E-state index in [1.165, 1.54) is 5.56 Å². The van der Waals surface area contributed by atoms with E-state index in [9.17, 15) is 8.42 Å². The highest BCUT2D eigenvalue weighted by Crippen LogP contribution is 2.35. The second-order valence-electron chi connectivity index (χ2n) is 7.17. The maximum Gasteiger partial charge on any atom is 0.261 e. The molecule has 0 amide bonds. The Morgan fingerprint density at radius 2 is 1.92 bits per heavy atom. The minimum absolute atomic E-state index is 0.276. The Balaban J connectivity index is 1.66. The lowest BCUT2D eigenvalue weighted by Gasteiger charge is -2.16. The van der Waals surface area contributed by atoms with Crippen LogP contribution in [0.4, 0.5) is 5.69 Å². The average Bonchev–Trinajstić information content (AvgIpc) is 2.98. The molecular formula is C21H23NO3S. The Labute approximate surface area is 154 Å². The number of hydrogen-bond acceptors (Lipinski definition) is 3. The van der Waals surface area contributed by atoms with Gasteiger partial charge in [0.1, 0.15) is 11.3 Å². The number of aryl methyl sites for hydroxylation is 2. The van der Waals surface area contributed by atoms with Gasteiger partial charge in [0.15, 0.2) is 0 Å². The SMILES string of the molecule is CCc1ccc(S(=O)(=O)Nc2ccc3oc4c(c3c2)CCC(C)C4)cc1. The minimum Gasteiger partial charge on any atom is -0.461 e. The molecule has 1 unspecified atom stereocenters. The van der Waals surface area contributed by atoms with Crippen molar-refractivity contribution in [2.45, 2.75) is 44.4 Å². The van der Waals surface area contributed by atoms with Crippen molar-refractivity contribution in [3.63, 3.8) is 0 Å². The molecule has 1 aromatic heterocycles. The molecule has 136 valence electrons. The summed E-state index contributed by atoms with van der Waals surface area (Å²) < 4.78 is 34.0. The van der Waals surface area contributed by atoms with Crippen molar-refractivity contribution >= 4 is 26.7 Å². The molecule has 4 rings (SSSR count). The highest BCUT2D eigenvalue weighted by atomic mass is 32.2. The molecule has 0 saturated heterocycles. The van der Waals surface area contributed by atoms with E-state index in [1.807, 2.05) is 31.2 Å². The van der Waals surface area contributed by atoms with Crippen LogP contribution < -0.4 is 4.72 Å². The van der Waals surface area contributed by atoms with Gasteiger partial charge in [0.2, 0.25) is 0 Å². The average molecular weight is 369 g/mol. The van der Waals surface area contributed by atoms with Crippen LogP contribution in [-0.2, 0) is 29.3 Å². The predicted octanol–water partition coefficient (Wildman–Crippen LogP) is 4.92. The van der Waals surface area contributed by atoms with Gasteiger partial charge in [0, 0.05) is 23.1 Å². The van der Waals surface area contributed by atoms with Crippen LogP contribution in [0.3, 0.4) is 0 Å². The molecule has 4 nitrogen and oxygen atoms in total. The highest BCUT2D eigenvalue weighted by Gasteiger charge is 2.22. The number of hydrogen-bond donors (Lipinski definition) is 1. The number of anilines is 1. The second kappa shape index (κ2) is 6.47. The molecular weight excluding hydrogens is 346 g/mol. The van der Waals surface area contributed by atoms with Crippen molar-refractivity contribution in [1.29, 1.82) is 0 Å². The lowest BCUT2D eigenvalue weighted by Crippen LogP contribution is -2.13. The van der Waals surface area contributed by atoms with Gasteiger partial charge in [-0.05, 0) is 61.1 Å². The van der Waals surface area contributed by atoms with E-state index in [4.69, 9.17) is 4.42 Å². The van der Waals surface area contributed by atoms with Crippen LogP contribution in [0.1, 0.15) is 37.2 Å². The molecule has 0 fully saturated rings. The summed E-state index contributed by atoms with van der Waals surface area (Å²) in [6, 6.07) is 12.5. The van der Waals surface area contributed by atoms with Gasteiger partial charge in [0.25, 0.3) is 10.0 Å². The first kappa shape index (κ1) is 17.2. The lowest BCUT2D eigenvalue weighted by molar-refractivity contribution is 0.426. The molecule has 0 aliphatic heterocycles. The smallest absolute Gasteiger partial charge is 0.261 e. The number of sulfonamides is 1. The molecule has 1 aliphatic rings. The van der Waals surface area contributed by atoms with E-state index in [0.29, 0.717) is 11.6 Å². The van der Waals surface area contributed by atoms with Crippen LogP contribution >= 0.6 is 0 Å². The van der Waals surface area contributed by atoms with Gasteiger partial charge in [-0.1, -0.05) is 26.0 Å². The van der Waals surface area contributed by atoms with E-state index in [2.05, 4.69) is 11.6 Å². The number of rotatable bonds is 4. The zero-order chi connectivity index (χ0) is 18.3. The summed E-state index contributed by atoms with van der Waals surface area (Å²) in [6.07, 6.45) is 3.96. The Morgan fingerprint density at radius 3 is 2.65 bits per heavy atom. The molecule has 0 spiro atoms. The van der Waals surface area contributed by atoms with E-state index in [0.717, 1.165) is 48.0 Å². The van der Waals surface area contributed by atoms with Gasteiger partial charge in [-0.15, -0.1) is 0 Å². The summed E-state index contributed by atoms with van der Waals surface area (Å²) >= 11 is 0. The summed E-state index contributed by atoms with van der Waals surface area (Å²) in [6.45, 7) is 4.28. The fourth-order valence-electron chi connectivity index (χ4n) is 3.63. The molecule has 0 bridgehead atoms. The van der Waals surface area contributed by atoms with Crippen molar-refractivity contribution in [2.75, 3.05) is 4.72 Å². The molecule has 26 heavy (non-hydrogen) atoms. The minimum atomic E-state index is -3.60. The van der Waals surface area contributed by atoms with Crippen molar-refractivity contribution in [2.24, 2.45) is 5.92 Å². The van der Waals surface area contributed by atoms with Gasteiger partial charge in [-0.3, -0.25) is 4.72 Å². The fourth-order valence-corrected chi connectivity index (χ4v) is 4.68.